The number of benzene rings is 3. The van der Waals surface area contributed by atoms with E-state index < -0.39 is 28.7 Å². The van der Waals surface area contributed by atoms with Crippen molar-refractivity contribution in [3.05, 3.63) is 90.2 Å². The SMILES string of the molecule is COc1cc(C)c(-c2nc3ccccc3c(=O)n2N=Cc2cc(Br)cc([N+](=O)[O-])c2OCC(N)=O)cc1C(C)C. The molecule has 0 fully saturated rings. The molecule has 0 saturated heterocycles. The predicted octanol–water partition coefficient (Wildman–Crippen LogP) is 4.92. The van der Waals surface area contributed by atoms with Crippen molar-refractivity contribution in [2.75, 3.05) is 13.7 Å². The molecular weight excluding hydrogens is 582 g/mol. The molecule has 0 unspecified atom stereocenters. The van der Waals surface area contributed by atoms with Crippen LogP contribution in [0.3, 0.4) is 0 Å². The summed E-state index contributed by atoms with van der Waals surface area (Å²) in [6.07, 6.45) is 1.25. The molecule has 11 nitrogen and oxygen atoms in total. The number of fused-ring (bicyclic) bond motifs is 1. The zero-order valence-electron chi connectivity index (χ0n) is 22.2. The van der Waals surface area contributed by atoms with Crippen LogP contribution >= 0.6 is 15.9 Å². The minimum Gasteiger partial charge on any atom is -0.496 e. The molecule has 40 heavy (non-hydrogen) atoms. The number of methoxy groups -OCH3 is 1. The molecule has 0 atom stereocenters. The third-order valence-corrected chi connectivity index (χ3v) is 6.58. The molecule has 0 aliphatic heterocycles. The Balaban J connectivity index is 2.00. The average molecular weight is 608 g/mol. The van der Waals surface area contributed by atoms with Crippen LogP contribution in [-0.4, -0.2) is 40.4 Å². The van der Waals surface area contributed by atoms with Crippen molar-refractivity contribution < 1.29 is 19.2 Å². The lowest BCUT2D eigenvalue weighted by Crippen LogP contribution is -2.21. The second-order valence-corrected chi connectivity index (χ2v) is 10.1. The minimum atomic E-state index is -0.812. The number of nitro groups is 1. The van der Waals surface area contributed by atoms with Crippen LogP contribution in [0.25, 0.3) is 22.3 Å². The molecule has 0 spiro atoms. The monoisotopic (exact) mass is 607 g/mol. The Hall–Kier alpha value is -4.58. The van der Waals surface area contributed by atoms with Gasteiger partial charge in [-0.25, -0.2) is 4.98 Å². The molecular formula is C28H26BrN5O6. The van der Waals surface area contributed by atoms with E-state index in [4.69, 9.17) is 20.2 Å². The number of hydrogen-bond acceptors (Lipinski definition) is 8. The Morgan fingerprint density at radius 1 is 1.25 bits per heavy atom. The molecule has 1 aromatic heterocycles. The number of amides is 1. The number of ether oxygens (including phenoxy) is 2. The summed E-state index contributed by atoms with van der Waals surface area (Å²) in [7, 11) is 1.60. The van der Waals surface area contributed by atoms with Crippen LogP contribution < -0.4 is 20.8 Å². The van der Waals surface area contributed by atoms with Gasteiger partial charge in [0.2, 0.25) is 5.75 Å². The van der Waals surface area contributed by atoms with E-state index in [1.54, 1.807) is 31.4 Å². The molecule has 1 amide bonds. The lowest BCUT2D eigenvalue weighted by Gasteiger charge is -2.17. The lowest BCUT2D eigenvalue weighted by atomic mass is 9.96. The number of aryl methyl sites for hydroxylation is 1. The predicted molar refractivity (Wildman–Crippen MR) is 155 cm³/mol. The van der Waals surface area contributed by atoms with E-state index in [0.29, 0.717) is 26.7 Å². The van der Waals surface area contributed by atoms with E-state index in [1.165, 1.54) is 18.3 Å². The van der Waals surface area contributed by atoms with Gasteiger partial charge in [0.15, 0.2) is 12.4 Å². The fourth-order valence-electron chi connectivity index (χ4n) is 4.22. The first kappa shape index (κ1) is 28.4. The summed E-state index contributed by atoms with van der Waals surface area (Å²) in [6, 6.07) is 13.5. The third-order valence-electron chi connectivity index (χ3n) is 6.12. The van der Waals surface area contributed by atoms with Gasteiger partial charge in [0.25, 0.3) is 11.5 Å². The van der Waals surface area contributed by atoms with Crippen LogP contribution in [0.1, 0.15) is 36.5 Å². The van der Waals surface area contributed by atoms with Crippen molar-refractivity contribution in [2.24, 2.45) is 10.8 Å². The van der Waals surface area contributed by atoms with E-state index in [-0.39, 0.29) is 23.1 Å². The Morgan fingerprint density at radius 2 is 1.98 bits per heavy atom. The summed E-state index contributed by atoms with van der Waals surface area (Å²) in [5, 5.41) is 16.5. The van der Waals surface area contributed by atoms with Crippen molar-refractivity contribution in [3.63, 3.8) is 0 Å². The molecule has 0 radical (unpaired) electrons. The average Bonchev–Trinajstić information content (AvgIpc) is 2.91. The van der Waals surface area contributed by atoms with Gasteiger partial charge >= 0.3 is 5.69 Å². The molecule has 4 rings (SSSR count). The van der Waals surface area contributed by atoms with Crippen LogP contribution in [0.4, 0.5) is 5.69 Å². The van der Waals surface area contributed by atoms with E-state index in [1.807, 2.05) is 32.9 Å². The van der Waals surface area contributed by atoms with E-state index >= 15 is 0 Å². The highest BCUT2D eigenvalue weighted by atomic mass is 79.9. The summed E-state index contributed by atoms with van der Waals surface area (Å²) < 4.78 is 12.5. The number of rotatable bonds is 9. The topological polar surface area (TPSA) is 152 Å². The maximum atomic E-state index is 13.7. The van der Waals surface area contributed by atoms with Crippen LogP contribution in [-0.2, 0) is 4.79 Å². The summed E-state index contributed by atoms with van der Waals surface area (Å²) in [5.41, 5.74) is 7.36. The maximum absolute atomic E-state index is 13.7. The number of carbonyl (C=O) groups excluding carboxylic acids is 1. The normalized spacial score (nSPS) is 11.3. The van der Waals surface area contributed by atoms with Crippen LogP contribution in [0, 0.1) is 17.0 Å². The summed E-state index contributed by atoms with van der Waals surface area (Å²) >= 11 is 3.26. The number of primary amides is 1. The second kappa shape index (κ2) is 11.7. The van der Waals surface area contributed by atoms with Gasteiger partial charge in [-0.3, -0.25) is 19.7 Å². The third kappa shape index (κ3) is 5.71. The lowest BCUT2D eigenvalue weighted by molar-refractivity contribution is -0.385. The van der Waals surface area contributed by atoms with Crippen LogP contribution in [0.2, 0.25) is 0 Å². The minimum absolute atomic E-state index is 0.116. The van der Waals surface area contributed by atoms with Crippen molar-refractivity contribution in [1.82, 2.24) is 9.66 Å². The highest BCUT2D eigenvalue weighted by molar-refractivity contribution is 9.10. The molecule has 3 aromatic carbocycles. The number of nitro benzene ring substituents is 1. The number of para-hydroxylation sites is 1. The van der Waals surface area contributed by atoms with Gasteiger partial charge in [-0.1, -0.05) is 41.9 Å². The van der Waals surface area contributed by atoms with Gasteiger partial charge in [0, 0.05) is 21.7 Å². The van der Waals surface area contributed by atoms with E-state index in [0.717, 1.165) is 15.8 Å². The second-order valence-electron chi connectivity index (χ2n) is 9.23. The largest absolute Gasteiger partial charge is 0.496 e. The van der Waals surface area contributed by atoms with Crippen LogP contribution in [0.5, 0.6) is 11.5 Å². The molecule has 1 heterocycles. The first-order valence-corrected chi connectivity index (χ1v) is 12.9. The molecule has 4 aromatic rings. The van der Waals surface area contributed by atoms with Gasteiger partial charge in [-0.15, -0.1) is 0 Å². The highest BCUT2D eigenvalue weighted by Crippen LogP contribution is 2.35. The number of nitrogens with two attached hydrogens (primary N) is 1. The molecule has 0 saturated carbocycles. The Kier molecular flexibility index (Phi) is 8.29. The quantitative estimate of drug-likeness (QED) is 0.161. The Morgan fingerprint density at radius 3 is 2.62 bits per heavy atom. The maximum Gasteiger partial charge on any atom is 0.312 e. The van der Waals surface area contributed by atoms with E-state index in [2.05, 4.69) is 21.0 Å². The van der Waals surface area contributed by atoms with Crippen LogP contribution in [0.15, 0.2) is 62.9 Å². The van der Waals surface area contributed by atoms with E-state index in [9.17, 15) is 19.7 Å². The fourth-order valence-corrected chi connectivity index (χ4v) is 4.69. The summed E-state index contributed by atoms with van der Waals surface area (Å²) in [6.45, 7) is 5.35. The van der Waals surface area contributed by atoms with Crippen molar-refractivity contribution >= 4 is 44.6 Å². The standard InChI is InChI=1S/C28H26BrN5O6/c1-15(2)20-12-21(16(3)9-24(20)39-4)27-32-22-8-6-5-7-19(22)28(36)33(27)31-13-17-10-18(29)11-23(34(37)38)26(17)40-14-25(30)35/h5-13,15H,14H2,1-4H3,(H2,30,35). The van der Waals surface area contributed by atoms with Crippen molar-refractivity contribution in [2.45, 2.75) is 26.7 Å². The molecule has 0 aliphatic rings. The number of halogens is 1. The first-order chi connectivity index (χ1) is 19.0. The van der Waals surface area contributed by atoms with Crippen molar-refractivity contribution in [1.29, 1.82) is 0 Å². The van der Waals surface area contributed by atoms with Gasteiger partial charge in [-0.2, -0.15) is 9.78 Å². The van der Waals surface area contributed by atoms with Crippen molar-refractivity contribution in [3.8, 4) is 22.9 Å². The van der Waals surface area contributed by atoms with Gasteiger partial charge in [0.1, 0.15) is 5.75 Å². The van der Waals surface area contributed by atoms with Gasteiger partial charge in [0.05, 0.1) is 29.2 Å². The number of nitrogens with zero attached hydrogens (tertiary/aromatic N) is 4. The summed E-state index contributed by atoms with van der Waals surface area (Å²) in [5.74, 6) is 0.0685. The molecule has 12 heteroatoms. The first-order valence-electron chi connectivity index (χ1n) is 12.2. The molecule has 206 valence electrons. The zero-order chi connectivity index (χ0) is 29.1. The smallest absolute Gasteiger partial charge is 0.312 e. The Bertz CT molecular complexity index is 1730. The fraction of sp³-hybridized carbons (Fsp3) is 0.214. The number of aromatic nitrogens is 2. The zero-order valence-corrected chi connectivity index (χ0v) is 23.8. The Labute approximate surface area is 237 Å². The van der Waals surface area contributed by atoms with Gasteiger partial charge < -0.3 is 15.2 Å². The number of hydrogen-bond donors (Lipinski definition) is 1. The summed E-state index contributed by atoms with van der Waals surface area (Å²) in [4.78, 5) is 40.9. The number of carbonyl (C=O) groups is 1. The molecule has 0 aliphatic carbocycles. The highest BCUT2D eigenvalue weighted by Gasteiger charge is 2.22. The van der Waals surface area contributed by atoms with Gasteiger partial charge in [-0.05, 0) is 54.3 Å². The molecule has 2 N–H and O–H groups in total. The molecule has 0 bridgehead atoms.